The summed E-state index contributed by atoms with van der Waals surface area (Å²) >= 11 is 0. The van der Waals surface area contributed by atoms with Crippen LogP contribution in [0.5, 0.6) is 0 Å². The SMILES string of the molecule is CCOC(C)c1nc(C)no1. The third-order valence-electron chi connectivity index (χ3n) is 1.31. The molecule has 0 spiro atoms. The minimum atomic E-state index is -0.0961. The third kappa shape index (κ3) is 2.01. The van der Waals surface area contributed by atoms with Gasteiger partial charge in [0.15, 0.2) is 5.82 Å². The van der Waals surface area contributed by atoms with E-state index in [2.05, 4.69) is 10.1 Å². The number of nitrogens with zero attached hydrogens (tertiary/aromatic N) is 2. The molecular formula is C7H12N2O2. The van der Waals surface area contributed by atoms with Gasteiger partial charge in [-0.3, -0.25) is 0 Å². The lowest BCUT2D eigenvalue weighted by atomic mass is 10.4. The summed E-state index contributed by atoms with van der Waals surface area (Å²) in [5.74, 6) is 1.19. The summed E-state index contributed by atoms with van der Waals surface area (Å²) in [5.41, 5.74) is 0. The average Bonchev–Trinajstić information content (AvgIpc) is 2.36. The van der Waals surface area contributed by atoms with E-state index in [1.807, 2.05) is 13.8 Å². The molecule has 1 aromatic rings. The van der Waals surface area contributed by atoms with Gasteiger partial charge in [0.1, 0.15) is 6.10 Å². The lowest BCUT2D eigenvalue weighted by molar-refractivity contribution is 0.0519. The summed E-state index contributed by atoms with van der Waals surface area (Å²) in [4.78, 5) is 4.03. The van der Waals surface area contributed by atoms with Gasteiger partial charge in [-0.2, -0.15) is 4.98 Å². The largest absolute Gasteiger partial charge is 0.369 e. The second-order valence-electron chi connectivity index (χ2n) is 2.28. The molecule has 1 aromatic heterocycles. The number of aryl methyl sites for hydroxylation is 1. The fraction of sp³-hybridized carbons (Fsp3) is 0.714. The van der Waals surface area contributed by atoms with Gasteiger partial charge < -0.3 is 9.26 Å². The van der Waals surface area contributed by atoms with Gasteiger partial charge in [0.2, 0.25) is 0 Å². The van der Waals surface area contributed by atoms with E-state index in [9.17, 15) is 0 Å². The molecule has 0 saturated carbocycles. The molecule has 0 radical (unpaired) electrons. The fourth-order valence-electron chi connectivity index (χ4n) is 0.800. The molecule has 0 aromatic carbocycles. The summed E-state index contributed by atoms with van der Waals surface area (Å²) in [6, 6.07) is 0. The normalized spacial score (nSPS) is 13.4. The molecule has 4 nitrogen and oxygen atoms in total. The number of ether oxygens (including phenoxy) is 1. The average molecular weight is 156 g/mol. The Balaban J connectivity index is 2.60. The first-order valence-electron chi connectivity index (χ1n) is 3.66. The number of rotatable bonds is 3. The van der Waals surface area contributed by atoms with Crippen molar-refractivity contribution in [3.8, 4) is 0 Å². The van der Waals surface area contributed by atoms with E-state index in [4.69, 9.17) is 9.26 Å². The van der Waals surface area contributed by atoms with Crippen molar-refractivity contribution in [2.24, 2.45) is 0 Å². The third-order valence-corrected chi connectivity index (χ3v) is 1.31. The molecule has 1 unspecified atom stereocenters. The van der Waals surface area contributed by atoms with Crippen molar-refractivity contribution in [1.82, 2.24) is 10.1 Å². The molecule has 4 heteroatoms. The smallest absolute Gasteiger partial charge is 0.255 e. The highest BCUT2D eigenvalue weighted by Gasteiger charge is 2.11. The minimum Gasteiger partial charge on any atom is -0.369 e. The van der Waals surface area contributed by atoms with Crippen LogP contribution in [0.4, 0.5) is 0 Å². The van der Waals surface area contributed by atoms with Crippen LogP contribution in [0.2, 0.25) is 0 Å². The van der Waals surface area contributed by atoms with Crippen molar-refractivity contribution in [2.75, 3.05) is 6.61 Å². The van der Waals surface area contributed by atoms with Crippen molar-refractivity contribution < 1.29 is 9.26 Å². The first-order chi connectivity index (χ1) is 5.24. The van der Waals surface area contributed by atoms with Gasteiger partial charge >= 0.3 is 0 Å². The van der Waals surface area contributed by atoms with Crippen LogP contribution in [0.15, 0.2) is 4.52 Å². The first kappa shape index (κ1) is 8.20. The topological polar surface area (TPSA) is 48.2 Å². The molecule has 0 fully saturated rings. The Morgan fingerprint density at radius 3 is 2.82 bits per heavy atom. The highest BCUT2D eigenvalue weighted by atomic mass is 16.5. The van der Waals surface area contributed by atoms with Crippen molar-refractivity contribution in [3.63, 3.8) is 0 Å². The quantitative estimate of drug-likeness (QED) is 0.665. The van der Waals surface area contributed by atoms with E-state index in [0.29, 0.717) is 18.3 Å². The Hall–Kier alpha value is -0.900. The molecule has 1 heterocycles. The molecule has 0 bridgehead atoms. The maximum absolute atomic E-state index is 5.24. The number of hydrogen-bond donors (Lipinski definition) is 0. The van der Waals surface area contributed by atoms with E-state index in [1.165, 1.54) is 0 Å². The lowest BCUT2D eigenvalue weighted by Crippen LogP contribution is -1.99. The summed E-state index contributed by atoms with van der Waals surface area (Å²) in [5, 5.41) is 3.65. The van der Waals surface area contributed by atoms with E-state index >= 15 is 0 Å². The zero-order valence-corrected chi connectivity index (χ0v) is 7.00. The van der Waals surface area contributed by atoms with E-state index in [1.54, 1.807) is 6.92 Å². The van der Waals surface area contributed by atoms with Gasteiger partial charge in [0.25, 0.3) is 5.89 Å². The summed E-state index contributed by atoms with van der Waals surface area (Å²) in [6.45, 7) is 6.25. The second kappa shape index (κ2) is 3.48. The van der Waals surface area contributed by atoms with E-state index in [-0.39, 0.29) is 6.10 Å². The standard InChI is InChI=1S/C7H12N2O2/c1-4-10-5(2)7-8-6(3)9-11-7/h5H,4H2,1-3H3. The summed E-state index contributed by atoms with van der Waals surface area (Å²) < 4.78 is 10.1. The zero-order chi connectivity index (χ0) is 8.27. The van der Waals surface area contributed by atoms with E-state index in [0.717, 1.165) is 0 Å². The Labute approximate surface area is 65.6 Å². The van der Waals surface area contributed by atoms with Crippen LogP contribution in [0, 0.1) is 6.92 Å². The summed E-state index contributed by atoms with van der Waals surface area (Å²) in [6.07, 6.45) is -0.0961. The highest BCUT2D eigenvalue weighted by molar-refractivity contribution is 4.85. The molecule has 0 aliphatic rings. The molecular weight excluding hydrogens is 144 g/mol. The molecule has 11 heavy (non-hydrogen) atoms. The Bertz CT molecular complexity index is 222. The molecule has 0 aliphatic carbocycles. The van der Waals surface area contributed by atoms with Crippen molar-refractivity contribution in [3.05, 3.63) is 11.7 Å². The van der Waals surface area contributed by atoms with Gasteiger partial charge in [-0.05, 0) is 20.8 Å². The Morgan fingerprint density at radius 1 is 1.64 bits per heavy atom. The zero-order valence-electron chi connectivity index (χ0n) is 7.00. The predicted molar refractivity (Wildman–Crippen MR) is 39.1 cm³/mol. The van der Waals surface area contributed by atoms with Crippen molar-refractivity contribution in [2.45, 2.75) is 26.9 Å². The van der Waals surface area contributed by atoms with E-state index < -0.39 is 0 Å². The van der Waals surface area contributed by atoms with Crippen LogP contribution in [-0.4, -0.2) is 16.7 Å². The maximum atomic E-state index is 5.24. The van der Waals surface area contributed by atoms with Gasteiger partial charge in [0, 0.05) is 6.61 Å². The predicted octanol–water partition coefficient (Wildman–Crippen LogP) is 1.48. The number of aromatic nitrogens is 2. The summed E-state index contributed by atoms with van der Waals surface area (Å²) in [7, 11) is 0. The highest BCUT2D eigenvalue weighted by Crippen LogP contribution is 2.12. The van der Waals surface area contributed by atoms with Crippen LogP contribution >= 0.6 is 0 Å². The van der Waals surface area contributed by atoms with Crippen molar-refractivity contribution in [1.29, 1.82) is 0 Å². The van der Waals surface area contributed by atoms with Crippen LogP contribution in [0.1, 0.15) is 31.7 Å². The first-order valence-corrected chi connectivity index (χ1v) is 3.66. The molecule has 1 rings (SSSR count). The van der Waals surface area contributed by atoms with Gasteiger partial charge in [-0.15, -0.1) is 0 Å². The number of hydrogen-bond acceptors (Lipinski definition) is 4. The van der Waals surface area contributed by atoms with Crippen LogP contribution in [0.3, 0.4) is 0 Å². The Kier molecular flexibility index (Phi) is 2.59. The lowest BCUT2D eigenvalue weighted by Gasteiger charge is -2.04. The minimum absolute atomic E-state index is 0.0961. The van der Waals surface area contributed by atoms with Gasteiger partial charge in [-0.25, -0.2) is 0 Å². The molecule has 0 saturated heterocycles. The fourth-order valence-corrected chi connectivity index (χ4v) is 0.800. The molecule has 0 amide bonds. The molecule has 0 aliphatic heterocycles. The van der Waals surface area contributed by atoms with Crippen LogP contribution in [0.25, 0.3) is 0 Å². The molecule has 1 atom stereocenters. The van der Waals surface area contributed by atoms with Crippen LogP contribution in [-0.2, 0) is 4.74 Å². The molecule has 0 N–H and O–H groups in total. The molecule has 62 valence electrons. The van der Waals surface area contributed by atoms with Crippen molar-refractivity contribution >= 4 is 0 Å². The Morgan fingerprint density at radius 2 is 2.36 bits per heavy atom. The van der Waals surface area contributed by atoms with Gasteiger partial charge in [0.05, 0.1) is 0 Å². The van der Waals surface area contributed by atoms with Gasteiger partial charge in [-0.1, -0.05) is 5.16 Å². The van der Waals surface area contributed by atoms with Crippen LogP contribution < -0.4 is 0 Å². The second-order valence-corrected chi connectivity index (χ2v) is 2.28. The maximum Gasteiger partial charge on any atom is 0.255 e. The monoisotopic (exact) mass is 156 g/mol.